The molecule has 0 heterocycles. The Bertz CT molecular complexity index is 1300. The van der Waals surface area contributed by atoms with Gasteiger partial charge < -0.3 is 14.2 Å². The Morgan fingerprint density at radius 1 is 0.324 bits per heavy atom. The third-order valence-corrected chi connectivity index (χ3v) is 8.50. The van der Waals surface area contributed by atoms with Gasteiger partial charge in [0.15, 0.2) is 58.0 Å². The standard InChI is InChI=1S/3C7H3F4O.Al/c1-12-7-4(9)2-3(8)5(10)6(7)11;2*1-12-7-5(10)3(8)2-4(9)6(7)11;/h3*1H3;. The highest BCUT2D eigenvalue weighted by molar-refractivity contribution is 6.95. The summed E-state index contributed by atoms with van der Waals surface area (Å²) in [5.41, 5.74) is 0. The predicted octanol–water partition coefficient (Wildman–Crippen LogP) is 3.90. The third-order valence-electron chi connectivity index (χ3n) is 5.25. The van der Waals surface area contributed by atoms with Gasteiger partial charge in [0.2, 0.25) is 29.1 Å². The zero-order valence-corrected chi connectivity index (χ0v) is 19.5. The number of hydrogen-bond acceptors (Lipinski definition) is 3. The Morgan fingerprint density at radius 2 is 0.541 bits per heavy atom. The topological polar surface area (TPSA) is 27.7 Å². The highest BCUT2D eigenvalue weighted by Crippen LogP contribution is 2.30. The van der Waals surface area contributed by atoms with E-state index in [1.165, 1.54) is 0 Å². The third kappa shape index (κ3) is 4.12. The average Bonchev–Trinajstić information content (AvgIpc) is 2.86. The predicted molar refractivity (Wildman–Crippen MR) is 103 cm³/mol. The van der Waals surface area contributed by atoms with Crippen LogP contribution in [0.15, 0.2) is 0 Å². The molecule has 0 spiro atoms. The summed E-state index contributed by atoms with van der Waals surface area (Å²) < 4.78 is 182. The van der Waals surface area contributed by atoms with E-state index in [4.69, 9.17) is 0 Å². The van der Waals surface area contributed by atoms with Crippen LogP contribution in [0.3, 0.4) is 0 Å². The van der Waals surface area contributed by atoms with Crippen molar-refractivity contribution in [3.05, 3.63) is 69.8 Å². The minimum Gasteiger partial charge on any atom is -0.491 e. The fraction of sp³-hybridized carbons (Fsp3) is 0.143. The first-order valence-corrected chi connectivity index (χ1v) is 11.2. The lowest BCUT2D eigenvalue weighted by Gasteiger charge is -2.22. The van der Waals surface area contributed by atoms with E-state index in [9.17, 15) is 30.7 Å². The Balaban J connectivity index is 2.69. The van der Waals surface area contributed by atoms with Gasteiger partial charge in [-0.2, -0.15) is 22.0 Å². The highest BCUT2D eigenvalue weighted by atomic mass is 27.2. The Labute approximate surface area is 203 Å². The number of methoxy groups -OCH3 is 3. The molecular weight excluding hydrogens is 555 g/mol. The molecule has 0 fully saturated rings. The van der Waals surface area contributed by atoms with E-state index in [0.717, 1.165) is 0 Å². The summed E-state index contributed by atoms with van der Waals surface area (Å²) in [7, 11) is 1.59. The van der Waals surface area contributed by atoms with Crippen LogP contribution in [0.1, 0.15) is 0 Å². The van der Waals surface area contributed by atoms with Crippen molar-refractivity contribution >= 4 is 27.4 Å². The minimum absolute atomic E-state index is 0.501. The largest absolute Gasteiger partial charge is 0.491 e. The molecule has 0 radical (unpaired) electrons. The van der Waals surface area contributed by atoms with Gasteiger partial charge in [-0.05, 0) is 13.3 Å². The van der Waals surface area contributed by atoms with E-state index in [-0.39, 0.29) is 0 Å². The lowest BCUT2D eigenvalue weighted by Crippen LogP contribution is -2.60. The van der Waals surface area contributed by atoms with Crippen LogP contribution in [0.4, 0.5) is 52.7 Å². The quantitative estimate of drug-likeness (QED) is 0.197. The molecule has 0 unspecified atom stereocenters. The van der Waals surface area contributed by atoms with Crippen molar-refractivity contribution < 1.29 is 66.9 Å². The Hall–Kier alpha value is -3.25. The summed E-state index contributed by atoms with van der Waals surface area (Å²) in [5, 5.41) is 0. The number of benzene rings is 3. The molecule has 3 aromatic rings. The van der Waals surface area contributed by atoms with Gasteiger partial charge in [-0.25, -0.2) is 30.7 Å². The molecule has 3 rings (SSSR count). The Morgan fingerprint density at radius 3 is 0.838 bits per heavy atom. The van der Waals surface area contributed by atoms with Gasteiger partial charge in [-0.3, -0.25) is 0 Å². The van der Waals surface area contributed by atoms with Crippen molar-refractivity contribution in [2.75, 3.05) is 21.3 Å². The molecule has 37 heavy (non-hydrogen) atoms. The van der Waals surface area contributed by atoms with Crippen molar-refractivity contribution in [3.8, 4) is 17.2 Å². The van der Waals surface area contributed by atoms with E-state index in [2.05, 4.69) is 14.2 Å². The number of rotatable bonds is 6. The molecule has 16 heteroatoms. The average molecular weight is 564 g/mol. The van der Waals surface area contributed by atoms with Crippen LogP contribution in [-0.4, -0.2) is 35.5 Å². The van der Waals surface area contributed by atoms with Gasteiger partial charge in [0.05, 0.1) is 21.3 Å². The lowest BCUT2D eigenvalue weighted by atomic mass is 10.2. The summed E-state index contributed by atoms with van der Waals surface area (Å²) in [5.74, 6) is -35.1. The van der Waals surface area contributed by atoms with Gasteiger partial charge >= 0.3 is 14.1 Å². The van der Waals surface area contributed by atoms with Gasteiger partial charge in [-0.15, -0.1) is 0 Å². The van der Waals surface area contributed by atoms with Crippen LogP contribution in [0.2, 0.25) is 0 Å². The van der Waals surface area contributed by atoms with E-state index < -0.39 is 114 Å². The van der Waals surface area contributed by atoms with Crippen molar-refractivity contribution in [1.29, 1.82) is 0 Å². The summed E-state index contributed by atoms with van der Waals surface area (Å²) in [4.78, 5) is 0. The fourth-order valence-electron chi connectivity index (χ4n) is 3.62. The molecule has 0 saturated heterocycles. The molecule has 0 aliphatic carbocycles. The lowest BCUT2D eigenvalue weighted by molar-refractivity contribution is 0.334. The number of halogens is 12. The van der Waals surface area contributed by atoms with E-state index in [1.807, 2.05) is 0 Å². The monoisotopic (exact) mass is 564 g/mol. The van der Waals surface area contributed by atoms with Crippen LogP contribution < -0.4 is 27.5 Å². The molecule has 0 saturated carbocycles. The SMILES string of the molecule is COc1c(F)c(F)[c]([Al]([c]2c(F)c(F)c(OC)c(F)c2F)[c]2c(F)c(F)c(F)c(OC)c2F)c(F)c1F. The summed E-state index contributed by atoms with van der Waals surface area (Å²) >= 11 is -5.62. The molecule has 0 aromatic heterocycles. The molecule has 0 bridgehead atoms. The highest BCUT2D eigenvalue weighted by Gasteiger charge is 2.47. The van der Waals surface area contributed by atoms with Gasteiger partial charge in [0, 0.05) is 0 Å². The Kier molecular flexibility index (Phi) is 7.85. The normalized spacial score (nSPS) is 11.1. The van der Waals surface area contributed by atoms with Crippen LogP contribution >= 0.6 is 0 Å². The molecule has 0 N–H and O–H groups in total. The maximum absolute atomic E-state index is 15.2. The smallest absolute Gasteiger partial charge is 0.413 e. The molecule has 0 aliphatic heterocycles. The first-order valence-electron chi connectivity index (χ1n) is 9.47. The van der Waals surface area contributed by atoms with E-state index in [1.54, 1.807) is 0 Å². The van der Waals surface area contributed by atoms with Crippen LogP contribution in [-0.2, 0) is 0 Å². The molecule has 198 valence electrons. The molecule has 0 aliphatic rings. The number of ether oxygens (including phenoxy) is 3. The second-order valence-electron chi connectivity index (χ2n) is 7.04. The van der Waals surface area contributed by atoms with Crippen LogP contribution in [0.25, 0.3) is 0 Å². The molecule has 3 aromatic carbocycles. The maximum atomic E-state index is 15.2. The molecular formula is C21H9AlF12O3. The van der Waals surface area contributed by atoms with Crippen LogP contribution in [0, 0.1) is 69.8 Å². The van der Waals surface area contributed by atoms with Crippen molar-refractivity contribution in [2.24, 2.45) is 0 Å². The first kappa shape index (κ1) is 28.3. The van der Waals surface area contributed by atoms with Crippen molar-refractivity contribution in [1.82, 2.24) is 0 Å². The molecule has 0 amide bonds. The van der Waals surface area contributed by atoms with Crippen molar-refractivity contribution in [2.45, 2.75) is 0 Å². The summed E-state index contributed by atoms with van der Waals surface area (Å²) in [6, 6.07) is 0. The molecule has 0 atom stereocenters. The summed E-state index contributed by atoms with van der Waals surface area (Å²) in [6.07, 6.45) is 0. The van der Waals surface area contributed by atoms with Crippen LogP contribution in [0.5, 0.6) is 17.2 Å². The second kappa shape index (κ2) is 10.3. The van der Waals surface area contributed by atoms with Gasteiger partial charge in [-0.1, -0.05) is 0 Å². The van der Waals surface area contributed by atoms with E-state index in [0.29, 0.717) is 21.3 Å². The van der Waals surface area contributed by atoms with Gasteiger partial charge in [0.25, 0.3) is 0 Å². The van der Waals surface area contributed by atoms with Crippen molar-refractivity contribution in [3.63, 3.8) is 0 Å². The van der Waals surface area contributed by atoms with E-state index >= 15 is 22.0 Å². The maximum Gasteiger partial charge on any atom is 0.413 e. The second-order valence-corrected chi connectivity index (χ2v) is 9.64. The number of hydrogen-bond donors (Lipinski definition) is 0. The van der Waals surface area contributed by atoms with Gasteiger partial charge in [0.1, 0.15) is 0 Å². The first-order chi connectivity index (χ1) is 17.3. The fourth-order valence-corrected chi connectivity index (χ4v) is 6.77. The minimum atomic E-state index is -5.62. The summed E-state index contributed by atoms with van der Waals surface area (Å²) in [6.45, 7) is 0. The zero-order chi connectivity index (χ0) is 28.1. The molecule has 3 nitrogen and oxygen atoms in total. The zero-order valence-electron chi connectivity index (χ0n) is 18.3.